The van der Waals surface area contributed by atoms with Crippen molar-refractivity contribution in [2.75, 3.05) is 7.11 Å². The van der Waals surface area contributed by atoms with Gasteiger partial charge in [0, 0.05) is 0 Å². The van der Waals surface area contributed by atoms with Crippen LogP contribution in [-0.4, -0.2) is 31.8 Å². The largest absolute Gasteiger partial charge is 0.480 e. The molecule has 8 nitrogen and oxygen atoms in total. The SMILES string of the molecule is COc1nc(=O)[nH]c2c1c(-c1nc(C)co1)nn2C1CCCC1. The summed E-state index contributed by atoms with van der Waals surface area (Å²) < 4.78 is 12.7. The summed E-state index contributed by atoms with van der Waals surface area (Å²) in [4.78, 5) is 22.9. The molecule has 0 aliphatic heterocycles. The van der Waals surface area contributed by atoms with Crippen molar-refractivity contribution in [3.8, 4) is 17.5 Å². The lowest BCUT2D eigenvalue weighted by atomic mass is 10.2. The van der Waals surface area contributed by atoms with Gasteiger partial charge in [-0.25, -0.2) is 14.5 Å². The number of oxazole rings is 1. The Morgan fingerprint density at radius 1 is 1.35 bits per heavy atom. The predicted octanol–water partition coefficient (Wildman–Crippen LogP) is 2.21. The van der Waals surface area contributed by atoms with Gasteiger partial charge in [-0.1, -0.05) is 12.8 Å². The Morgan fingerprint density at radius 2 is 2.13 bits per heavy atom. The highest BCUT2D eigenvalue weighted by molar-refractivity contribution is 5.93. The Balaban J connectivity index is 2.03. The van der Waals surface area contributed by atoms with Gasteiger partial charge in [-0.15, -0.1) is 0 Å². The number of fused-ring (bicyclic) bond motifs is 1. The van der Waals surface area contributed by atoms with Gasteiger partial charge in [-0.3, -0.25) is 4.98 Å². The first-order valence-corrected chi connectivity index (χ1v) is 7.66. The fourth-order valence-electron chi connectivity index (χ4n) is 3.21. The average Bonchev–Trinajstić information content (AvgIpc) is 3.24. The van der Waals surface area contributed by atoms with Gasteiger partial charge in [0.2, 0.25) is 11.8 Å². The average molecular weight is 315 g/mol. The van der Waals surface area contributed by atoms with Gasteiger partial charge in [0.05, 0.1) is 18.8 Å². The summed E-state index contributed by atoms with van der Waals surface area (Å²) in [6, 6.07) is 0.255. The van der Waals surface area contributed by atoms with Gasteiger partial charge in [-0.05, 0) is 19.8 Å². The van der Waals surface area contributed by atoms with Crippen LogP contribution in [0.25, 0.3) is 22.6 Å². The van der Waals surface area contributed by atoms with E-state index >= 15 is 0 Å². The number of ether oxygens (including phenoxy) is 1. The molecule has 0 radical (unpaired) electrons. The second-order valence-electron chi connectivity index (χ2n) is 5.80. The van der Waals surface area contributed by atoms with Crippen molar-refractivity contribution in [3.05, 3.63) is 22.4 Å². The first kappa shape index (κ1) is 14.0. The van der Waals surface area contributed by atoms with E-state index in [-0.39, 0.29) is 11.9 Å². The van der Waals surface area contributed by atoms with Crippen LogP contribution in [0.2, 0.25) is 0 Å². The molecule has 3 aromatic heterocycles. The molecule has 1 aliphatic carbocycles. The van der Waals surface area contributed by atoms with E-state index in [1.807, 2.05) is 11.6 Å². The maximum absolute atomic E-state index is 11.9. The standard InChI is InChI=1S/C15H17N5O3/c1-8-7-23-14(16-8)11-10-12(17-15(21)18-13(10)22-2)20(19-11)9-5-3-4-6-9/h7,9H,3-6H2,1-2H3,(H,17,18,21). The van der Waals surface area contributed by atoms with Gasteiger partial charge in [0.15, 0.2) is 5.69 Å². The number of nitrogens with zero attached hydrogens (tertiary/aromatic N) is 4. The van der Waals surface area contributed by atoms with E-state index in [2.05, 4.69) is 20.1 Å². The highest BCUT2D eigenvalue weighted by Crippen LogP contribution is 2.36. The molecule has 3 aromatic rings. The molecule has 0 spiro atoms. The van der Waals surface area contributed by atoms with Crippen LogP contribution in [0.15, 0.2) is 15.5 Å². The summed E-state index contributed by atoms with van der Waals surface area (Å²) in [5.41, 5.74) is 1.46. The minimum absolute atomic E-state index is 0.235. The second kappa shape index (κ2) is 5.22. The van der Waals surface area contributed by atoms with Crippen LogP contribution in [-0.2, 0) is 0 Å². The van der Waals surface area contributed by atoms with Crippen molar-refractivity contribution in [1.29, 1.82) is 0 Å². The van der Waals surface area contributed by atoms with Gasteiger partial charge in [0.25, 0.3) is 0 Å². The van der Waals surface area contributed by atoms with Gasteiger partial charge in [0.1, 0.15) is 17.3 Å². The molecule has 0 unspecified atom stereocenters. The number of hydrogen-bond donors (Lipinski definition) is 1. The number of rotatable bonds is 3. The molecule has 0 aromatic carbocycles. The third-order valence-corrected chi connectivity index (χ3v) is 4.24. The van der Waals surface area contributed by atoms with Crippen LogP contribution >= 0.6 is 0 Å². The van der Waals surface area contributed by atoms with E-state index in [1.54, 1.807) is 6.26 Å². The van der Waals surface area contributed by atoms with Crippen molar-refractivity contribution in [1.82, 2.24) is 24.7 Å². The maximum atomic E-state index is 11.9. The van der Waals surface area contributed by atoms with Crippen LogP contribution < -0.4 is 10.4 Å². The number of nitrogens with one attached hydrogen (secondary N) is 1. The normalized spacial score (nSPS) is 15.6. The summed E-state index contributed by atoms with van der Waals surface area (Å²) >= 11 is 0. The lowest BCUT2D eigenvalue weighted by molar-refractivity contribution is 0.401. The molecule has 0 bridgehead atoms. The van der Waals surface area contributed by atoms with E-state index < -0.39 is 5.69 Å². The lowest BCUT2D eigenvalue weighted by Gasteiger charge is -2.10. The molecule has 4 rings (SSSR count). The highest BCUT2D eigenvalue weighted by Gasteiger charge is 2.27. The van der Waals surface area contributed by atoms with Crippen LogP contribution in [0.5, 0.6) is 5.88 Å². The van der Waals surface area contributed by atoms with E-state index in [0.29, 0.717) is 22.6 Å². The Hall–Kier alpha value is -2.64. The monoisotopic (exact) mass is 315 g/mol. The second-order valence-corrected chi connectivity index (χ2v) is 5.80. The van der Waals surface area contributed by atoms with Crippen LogP contribution in [0.3, 0.4) is 0 Å². The van der Waals surface area contributed by atoms with Gasteiger partial charge >= 0.3 is 5.69 Å². The topological polar surface area (TPSA) is 98.8 Å². The molecule has 1 N–H and O–H groups in total. The van der Waals surface area contributed by atoms with E-state index in [4.69, 9.17) is 9.15 Å². The third kappa shape index (κ3) is 2.21. The first-order chi connectivity index (χ1) is 11.2. The van der Waals surface area contributed by atoms with E-state index in [9.17, 15) is 4.79 Å². The molecule has 0 saturated heterocycles. The number of aromatic nitrogens is 5. The number of hydrogen-bond acceptors (Lipinski definition) is 6. The molecule has 1 fully saturated rings. The summed E-state index contributed by atoms with van der Waals surface area (Å²) in [6.07, 6.45) is 5.96. The minimum atomic E-state index is -0.455. The Bertz CT molecular complexity index is 917. The zero-order valence-electron chi connectivity index (χ0n) is 13.0. The predicted molar refractivity (Wildman–Crippen MR) is 82.4 cm³/mol. The van der Waals surface area contributed by atoms with E-state index in [1.165, 1.54) is 7.11 Å². The quantitative estimate of drug-likeness (QED) is 0.795. The van der Waals surface area contributed by atoms with Crippen molar-refractivity contribution >= 4 is 11.0 Å². The zero-order valence-corrected chi connectivity index (χ0v) is 13.0. The number of H-pyrrole nitrogens is 1. The molecule has 23 heavy (non-hydrogen) atoms. The van der Waals surface area contributed by atoms with Crippen molar-refractivity contribution in [3.63, 3.8) is 0 Å². The fourth-order valence-corrected chi connectivity index (χ4v) is 3.21. The molecule has 120 valence electrons. The van der Waals surface area contributed by atoms with Gasteiger partial charge < -0.3 is 9.15 Å². The highest BCUT2D eigenvalue weighted by atomic mass is 16.5. The number of methoxy groups -OCH3 is 1. The summed E-state index contributed by atoms with van der Waals surface area (Å²) in [5.74, 6) is 0.634. The van der Waals surface area contributed by atoms with Crippen molar-refractivity contribution in [2.45, 2.75) is 38.6 Å². The van der Waals surface area contributed by atoms with Crippen LogP contribution in [0, 0.1) is 6.92 Å². The molecule has 1 aliphatic rings. The smallest absolute Gasteiger partial charge is 0.349 e. The van der Waals surface area contributed by atoms with Crippen molar-refractivity contribution < 1.29 is 9.15 Å². The first-order valence-electron chi connectivity index (χ1n) is 7.66. The Morgan fingerprint density at radius 3 is 2.78 bits per heavy atom. The summed E-state index contributed by atoms with van der Waals surface area (Å²) in [6.45, 7) is 1.85. The lowest BCUT2D eigenvalue weighted by Crippen LogP contribution is -2.15. The summed E-state index contributed by atoms with van der Waals surface area (Å²) in [5, 5.41) is 5.30. The summed E-state index contributed by atoms with van der Waals surface area (Å²) in [7, 11) is 1.48. The molecule has 8 heteroatoms. The minimum Gasteiger partial charge on any atom is -0.480 e. The Labute approximate surface area is 131 Å². The van der Waals surface area contributed by atoms with Crippen LogP contribution in [0.4, 0.5) is 0 Å². The molecule has 0 atom stereocenters. The number of aryl methyl sites for hydroxylation is 1. The maximum Gasteiger partial charge on any atom is 0.349 e. The Kier molecular flexibility index (Phi) is 3.17. The fraction of sp³-hybridized carbons (Fsp3) is 0.467. The molecule has 1 saturated carbocycles. The molecular formula is C15H17N5O3. The molecular weight excluding hydrogens is 298 g/mol. The third-order valence-electron chi connectivity index (χ3n) is 4.24. The van der Waals surface area contributed by atoms with Crippen molar-refractivity contribution in [2.24, 2.45) is 0 Å². The molecule has 0 amide bonds. The van der Waals surface area contributed by atoms with Crippen LogP contribution in [0.1, 0.15) is 37.4 Å². The zero-order chi connectivity index (χ0) is 16.0. The molecule has 3 heterocycles. The number of aromatic amines is 1. The van der Waals surface area contributed by atoms with E-state index in [0.717, 1.165) is 31.4 Å². The van der Waals surface area contributed by atoms with Gasteiger partial charge in [-0.2, -0.15) is 10.1 Å².